The van der Waals surface area contributed by atoms with Crippen molar-refractivity contribution in [1.82, 2.24) is 0 Å². The fourth-order valence-corrected chi connectivity index (χ4v) is 2.62. The van der Waals surface area contributed by atoms with E-state index in [2.05, 4.69) is 6.92 Å². The van der Waals surface area contributed by atoms with Gasteiger partial charge >= 0.3 is 11.9 Å². The van der Waals surface area contributed by atoms with Crippen LogP contribution in [-0.2, 0) is 25.7 Å². The van der Waals surface area contributed by atoms with E-state index in [-0.39, 0.29) is 25.0 Å². The molecule has 0 spiro atoms. The van der Waals surface area contributed by atoms with Crippen LogP contribution in [0.3, 0.4) is 0 Å². The maximum atomic E-state index is 12.4. The first-order valence-electron chi connectivity index (χ1n) is 10.2. The largest absolute Gasteiger partial charge is 0.461 e. The van der Waals surface area contributed by atoms with Crippen LogP contribution in [0.5, 0.6) is 0 Å². The van der Waals surface area contributed by atoms with Gasteiger partial charge in [-0.15, -0.1) is 0 Å². The number of esters is 2. The van der Waals surface area contributed by atoms with Gasteiger partial charge in [0, 0.05) is 0 Å². The first-order valence-corrected chi connectivity index (χ1v) is 10.2. The molecule has 1 atom stereocenters. The van der Waals surface area contributed by atoms with Gasteiger partial charge in [0.05, 0.1) is 12.3 Å². The molecule has 1 aromatic carbocycles. The van der Waals surface area contributed by atoms with Gasteiger partial charge in [-0.1, -0.05) is 62.9 Å². The molecule has 3 rings (SSSR count). The molecule has 0 radical (unpaired) electrons. The maximum absolute atomic E-state index is 12.4. The Balaban J connectivity index is 0.000000576. The Kier molecular flexibility index (Phi) is 7.88. The zero-order chi connectivity index (χ0) is 19.9. The first kappa shape index (κ1) is 21.5. The molecule has 4 heteroatoms. The van der Waals surface area contributed by atoms with Gasteiger partial charge in [0.1, 0.15) is 12.2 Å². The summed E-state index contributed by atoms with van der Waals surface area (Å²) in [6, 6.07) is 9.56. The maximum Gasteiger partial charge on any atom is 0.309 e. The lowest BCUT2D eigenvalue weighted by Gasteiger charge is -2.21. The topological polar surface area (TPSA) is 52.6 Å². The molecular weight excluding hydrogens is 340 g/mol. The predicted molar refractivity (Wildman–Crippen MR) is 106 cm³/mol. The van der Waals surface area contributed by atoms with Gasteiger partial charge in [-0.2, -0.15) is 0 Å². The van der Waals surface area contributed by atoms with Crippen LogP contribution in [0, 0.1) is 17.8 Å². The van der Waals surface area contributed by atoms with Gasteiger partial charge in [-0.3, -0.25) is 9.59 Å². The van der Waals surface area contributed by atoms with Crippen molar-refractivity contribution in [2.75, 3.05) is 0 Å². The second kappa shape index (κ2) is 9.91. The smallest absolute Gasteiger partial charge is 0.309 e. The molecule has 150 valence electrons. The number of rotatable bonds is 7. The molecule has 0 saturated heterocycles. The fourth-order valence-electron chi connectivity index (χ4n) is 2.62. The Hall–Kier alpha value is -1.84. The summed E-state index contributed by atoms with van der Waals surface area (Å²) in [6.07, 6.45) is 6.06. The minimum Gasteiger partial charge on any atom is -0.461 e. The lowest BCUT2D eigenvalue weighted by molar-refractivity contribution is -0.162. The molecule has 4 nitrogen and oxygen atoms in total. The highest BCUT2D eigenvalue weighted by Gasteiger charge is 2.33. The van der Waals surface area contributed by atoms with Gasteiger partial charge in [0.2, 0.25) is 0 Å². The van der Waals surface area contributed by atoms with E-state index < -0.39 is 11.5 Å². The molecule has 0 N–H and O–H groups in total. The summed E-state index contributed by atoms with van der Waals surface area (Å²) >= 11 is 0. The van der Waals surface area contributed by atoms with E-state index in [4.69, 9.17) is 9.47 Å². The molecule has 0 bridgehead atoms. The lowest BCUT2D eigenvalue weighted by atomic mass is 9.98. The molecule has 2 fully saturated rings. The van der Waals surface area contributed by atoms with Gasteiger partial charge in [-0.25, -0.2) is 0 Å². The van der Waals surface area contributed by atoms with Crippen LogP contribution in [0.2, 0.25) is 0 Å². The molecule has 2 saturated carbocycles. The minimum atomic E-state index is -0.533. The fraction of sp³-hybridized carbons (Fsp3) is 0.652. The van der Waals surface area contributed by atoms with Crippen LogP contribution in [-0.4, -0.2) is 17.5 Å². The van der Waals surface area contributed by atoms with Gasteiger partial charge in [-0.05, 0) is 44.6 Å². The third-order valence-corrected chi connectivity index (χ3v) is 4.57. The van der Waals surface area contributed by atoms with Crippen molar-refractivity contribution in [2.45, 2.75) is 78.4 Å². The van der Waals surface area contributed by atoms with Gasteiger partial charge in [0.25, 0.3) is 0 Å². The number of hydrogen-bond donors (Lipinski definition) is 0. The van der Waals surface area contributed by atoms with E-state index in [9.17, 15) is 9.59 Å². The summed E-state index contributed by atoms with van der Waals surface area (Å²) < 4.78 is 10.7. The SMILES string of the molecule is CC(C)(C)OC(=O)CC(CC1CC1)C(=O)OCc1ccccc1.CC1CC1. The van der Waals surface area contributed by atoms with Crippen molar-refractivity contribution in [1.29, 1.82) is 0 Å². The molecule has 27 heavy (non-hydrogen) atoms. The standard InChI is InChI=1S/C19H26O4.C4H8/c1-19(2,3)23-17(20)12-16(11-14-9-10-14)18(21)22-13-15-7-5-4-6-8-15;1-4-2-3-4/h4-8,14,16H,9-13H2,1-3H3;4H,2-3H2,1H3. The Bertz CT molecular complexity index is 595. The molecule has 2 aliphatic rings. The van der Waals surface area contributed by atoms with E-state index in [0.717, 1.165) is 24.3 Å². The summed E-state index contributed by atoms with van der Waals surface area (Å²) in [5.41, 5.74) is 0.415. The molecule has 0 aromatic heterocycles. The number of ether oxygens (including phenoxy) is 2. The molecule has 1 aromatic rings. The number of carbonyl (C=O) groups is 2. The Morgan fingerprint density at radius 1 is 1.07 bits per heavy atom. The van der Waals surface area contributed by atoms with Crippen molar-refractivity contribution in [3.05, 3.63) is 35.9 Å². The Labute approximate surface area is 163 Å². The van der Waals surface area contributed by atoms with Crippen LogP contribution < -0.4 is 0 Å². The summed E-state index contributed by atoms with van der Waals surface area (Å²) in [7, 11) is 0. The molecule has 2 aliphatic carbocycles. The summed E-state index contributed by atoms with van der Waals surface area (Å²) in [5.74, 6) is 0.596. The highest BCUT2D eigenvalue weighted by molar-refractivity contribution is 5.80. The third-order valence-electron chi connectivity index (χ3n) is 4.57. The van der Waals surface area contributed by atoms with Crippen LogP contribution in [0.1, 0.15) is 71.8 Å². The second-order valence-corrected chi connectivity index (χ2v) is 8.94. The van der Waals surface area contributed by atoms with E-state index in [1.807, 2.05) is 51.1 Å². The average molecular weight is 375 g/mol. The highest BCUT2D eigenvalue weighted by Crippen LogP contribution is 2.37. The van der Waals surface area contributed by atoms with Crippen molar-refractivity contribution in [3.63, 3.8) is 0 Å². The quantitative estimate of drug-likeness (QED) is 0.608. The number of hydrogen-bond acceptors (Lipinski definition) is 4. The zero-order valence-corrected chi connectivity index (χ0v) is 17.2. The van der Waals surface area contributed by atoms with Crippen LogP contribution in [0.25, 0.3) is 0 Å². The van der Waals surface area contributed by atoms with Crippen LogP contribution in [0.15, 0.2) is 30.3 Å². The third kappa shape index (κ3) is 10.2. The molecule has 0 amide bonds. The number of benzene rings is 1. The second-order valence-electron chi connectivity index (χ2n) is 8.94. The van der Waals surface area contributed by atoms with Crippen LogP contribution >= 0.6 is 0 Å². The molecule has 0 aliphatic heterocycles. The minimum absolute atomic E-state index is 0.0986. The predicted octanol–water partition coefficient (Wildman–Crippen LogP) is 5.29. The van der Waals surface area contributed by atoms with Crippen molar-refractivity contribution in [2.24, 2.45) is 17.8 Å². The van der Waals surface area contributed by atoms with E-state index >= 15 is 0 Å². The lowest BCUT2D eigenvalue weighted by Crippen LogP contribution is -2.28. The number of carbonyl (C=O) groups excluding carboxylic acids is 2. The zero-order valence-electron chi connectivity index (χ0n) is 17.2. The summed E-state index contributed by atoms with van der Waals surface area (Å²) in [5, 5.41) is 0. The van der Waals surface area contributed by atoms with E-state index in [1.165, 1.54) is 12.8 Å². The average Bonchev–Trinajstić information content (AvgIpc) is 3.50. The van der Waals surface area contributed by atoms with E-state index in [1.54, 1.807) is 0 Å². The highest BCUT2D eigenvalue weighted by atomic mass is 16.6. The van der Waals surface area contributed by atoms with Crippen molar-refractivity contribution in [3.8, 4) is 0 Å². The Morgan fingerprint density at radius 3 is 2.15 bits per heavy atom. The Morgan fingerprint density at radius 2 is 1.67 bits per heavy atom. The van der Waals surface area contributed by atoms with E-state index in [0.29, 0.717) is 12.3 Å². The molecule has 0 heterocycles. The molecular formula is C23H34O4. The molecule has 1 unspecified atom stereocenters. The van der Waals surface area contributed by atoms with Gasteiger partial charge < -0.3 is 9.47 Å². The van der Waals surface area contributed by atoms with Crippen LogP contribution in [0.4, 0.5) is 0 Å². The summed E-state index contributed by atoms with van der Waals surface area (Å²) in [6.45, 7) is 8.01. The van der Waals surface area contributed by atoms with Crippen molar-refractivity contribution >= 4 is 11.9 Å². The van der Waals surface area contributed by atoms with Gasteiger partial charge in [0.15, 0.2) is 0 Å². The normalized spacial score (nSPS) is 17.3. The van der Waals surface area contributed by atoms with Crippen molar-refractivity contribution < 1.29 is 19.1 Å². The first-order chi connectivity index (χ1) is 12.7. The monoisotopic (exact) mass is 374 g/mol. The summed E-state index contributed by atoms with van der Waals surface area (Å²) in [4.78, 5) is 24.4.